The maximum atomic E-state index is 12.6. The van der Waals surface area contributed by atoms with Gasteiger partial charge in [-0.05, 0) is 50.2 Å². The van der Waals surface area contributed by atoms with Crippen LogP contribution in [-0.2, 0) is 10.0 Å². The number of aromatic carboxylic acids is 1. The fourth-order valence-electron chi connectivity index (χ4n) is 2.64. The molecule has 2 aromatic carbocycles. The standard InChI is InChI=1S/C18H21ClN2O5S/c1-4-21(5-2)16-8-6-12(10-14(16)18(22)23)20-27(24,25)13-7-9-17(26-3)15(19)11-13/h6-11,20H,4-5H2,1-3H3,(H,22,23). The molecule has 0 radical (unpaired) electrons. The first-order valence-electron chi connectivity index (χ1n) is 8.22. The Labute approximate surface area is 163 Å². The second kappa shape index (κ2) is 8.49. The van der Waals surface area contributed by atoms with Gasteiger partial charge in [0.2, 0.25) is 0 Å². The van der Waals surface area contributed by atoms with E-state index in [0.717, 1.165) is 0 Å². The van der Waals surface area contributed by atoms with Crippen molar-refractivity contribution >= 4 is 39.0 Å². The first kappa shape index (κ1) is 20.9. The molecule has 0 spiro atoms. The summed E-state index contributed by atoms with van der Waals surface area (Å²) in [5.41, 5.74) is 0.699. The number of carbonyl (C=O) groups is 1. The van der Waals surface area contributed by atoms with Gasteiger partial charge in [-0.2, -0.15) is 0 Å². The highest BCUT2D eigenvalue weighted by molar-refractivity contribution is 7.92. The van der Waals surface area contributed by atoms with Crippen molar-refractivity contribution in [1.29, 1.82) is 0 Å². The van der Waals surface area contributed by atoms with Crippen molar-refractivity contribution in [3.63, 3.8) is 0 Å². The number of halogens is 1. The number of carboxylic acid groups (broad SMARTS) is 1. The molecule has 0 saturated carbocycles. The summed E-state index contributed by atoms with van der Waals surface area (Å²) in [6, 6.07) is 8.50. The van der Waals surface area contributed by atoms with Crippen LogP contribution in [0.15, 0.2) is 41.3 Å². The summed E-state index contributed by atoms with van der Waals surface area (Å²) >= 11 is 5.99. The third-order valence-corrected chi connectivity index (χ3v) is 5.69. The topological polar surface area (TPSA) is 95.9 Å². The van der Waals surface area contributed by atoms with Crippen LogP contribution >= 0.6 is 11.6 Å². The first-order valence-corrected chi connectivity index (χ1v) is 10.1. The Morgan fingerprint density at radius 1 is 1.19 bits per heavy atom. The van der Waals surface area contributed by atoms with E-state index in [-0.39, 0.29) is 21.2 Å². The van der Waals surface area contributed by atoms with Gasteiger partial charge < -0.3 is 14.7 Å². The lowest BCUT2D eigenvalue weighted by molar-refractivity contribution is 0.0697. The number of rotatable bonds is 8. The minimum absolute atomic E-state index is 0.0201. The molecule has 2 N–H and O–H groups in total. The van der Waals surface area contributed by atoms with E-state index in [9.17, 15) is 18.3 Å². The van der Waals surface area contributed by atoms with Crippen molar-refractivity contribution < 1.29 is 23.1 Å². The van der Waals surface area contributed by atoms with Crippen LogP contribution in [-0.4, -0.2) is 39.7 Å². The lowest BCUT2D eigenvalue weighted by Crippen LogP contribution is -2.24. The molecular formula is C18H21ClN2O5S. The zero-order valence-electron chi connectivity index (χ0n) is 15.2. The van der Waals surface area contributed by atoms with Crippen molar-refractivity contribution in [1.82, 2.24) is 0 Å². The summed E-state index contributed by atoms with van der Waals surface area (Å²) < 4.78 is 32.6. The average molecular weight is 413 g/mol. The van der Waals surface area contributed by atoms with Crippen LogP contribution in [0.1, 0.15) is 24.2 Å². The van der Waals surface area contributed by atoms with Gasteiger partial charge in [0.1, 0.15) is 5.75 Å². The van der Waals surface area contributed by atoms with E-state index in [1.807, 2.05) is 18.7 Å². The van der Waals surface area contributed by atoms with Crippen LogP contribution in [0.25, 0.3) is 0 Å². The minimum atomic E-state index is -3.94. The first-order chi connectivity index (χ1) is 12.7. The highest BCUT2D eigenvalue weighted by Crippen LogP contribution is 2.29. The largest absolute Gasteiger partial charge is 0.495 e. The molecule has 0 amide bonds. The molecule has 7 nitrogen and oxygen atoms in total. The molecule has 2 rings (SSSR count). The number of methoxy groups -OCH3 is 1. The van der Waals surface area contributed by atoms with Crippen LogP contribution in [0.3, 0.4) is 0 Å². The third-order valence-electron chi connectivity index (χ3n) is 4.02. The Morgan fingerprint density at radius 3 is 2.37 bits per heavy atom. The van der Waals surface area contributed by atoms with Crippen molar-refractivity contribution in [2.45, 2.75) is 18.7 Å². The van der Waals surface area contributed by atoms with E-state index in [0.29, 0.717) is 24.5 Å². The van der Waals surface area contributed by atoms with Crippen LogP contribution < -0.4 is 14.4 Å². The molecule has 0 saturated heterocycles. The highest BCUT2D eigenvalue weighted by atomic mass is 35.5. The quantitative estimate of drug-likeness (QED) is 0.686. The molecule has 0 atom stereocenters. The van der Waals surface area contributed by atoms with Gasteiger partial charge in [0.05, 0.1) is 28.3 Å². The van der Waals surface area contributed by atoms with Crippen molar-refractivity contribution in [2.24, 2.45) is 0 Å². The van der Waals surface area contributed by atoms with E-state index in [2.05, 4.69) is 4.72 Å². The van der Waals surface area contributed by atoms with Crippen LogP contribution in [0, 0.1) is 0 Å². The summed E-state index contributed by atoms with van der Waals surface area (Å²) in [7, 11) is -2.51. The van der Waals surface area contributed by atoms with Crippen molar-refractivity contribution in [3.8, 4) is 5.75 Å². The molecule has 0 aliphatic heterocycles. The molecule has 0 aliphatic rings. The van der Waals surface area contributed by atoms with Crippen LogP contribution in [0.5, 0.6) is 5.75 Å². The molecule has 0 bridgehead atoms. The monoisotopic (exact) mass is 412 g/mol. The lowest BCUT2D eigenvalue weighted by Gasteiger charge is -2.23. The molecule has 0 aliphatic carbocycles. The van der Waals surface area contributed by atoms with Gasteiger partial charge in [-0.25, -0.2) is 13.2 Å². The summed E-state index contributed by atoms with van der Waals surface area (Å²) in [4.78, 5) is 13.4. The molecule has 9 heteroatoms. The van der Waals surface area contributed by atoms with Gasteiger partial charge >= 0.3 is 5.97 Å². The Kier molecular flexibility index (Phi) is 6.56. The fourth-order valence-corrected chi connectivity index (χ4v) is 4.04. The number of anilines is 2. The Bertz CT molecular complexity index is 943. The summed E-state index contributed by atoms with van der Waals surface area (Å²) in [6.07, 6.45) is 0. The molecule has 146 valence electrons. The number of sulfonamides is 1. The van der Waals surface area contributed by atoms with E-state index < -0.39 is 16.0 Å². The highest BCUT2D eigenvalue weighted by Gasteiger charge is 2.19. The number of carboxylic acids is 1. The lowest BCUT2D eigenvalue weighted by atomic mass is 10.1. The van der Waals surface area contributed by atoms with Gasteiger partial charge in [-0.3, -0.25) is 4.72 Å². The van der Waals surface area contributed by atoms with Gasteiger partial charge in [0.25, 0.3) is 10.0 Å². The second-order valence-electron chi connectivity index (χ2n) is 5.61. The van der Waals surface area contributed by atoms with Gasteiger partial charge in [0.15, 0.2) is 0 Å². The van der Waals surface area contributed by atoms with Crippen LogP contribution in [0.4, 0.5) is 11.4 Å². The van der Waals surface area contributed by atoms with Crippen LogP contribution in [0.2, 0.25) is 5.02 Å². The second-order valence-corrected chi connectivity index (χ2v) is 7.70. The number of hydrogen-bond acceptors (Lipinski definition) is 5. The summed E-state index contributed by atoms with van der Waals surface area (Å²) in [6.45, 7) is 5.09. The minimum Gasteiger partial charge on any atom is -0.495 e. The maximum Gasteiger partial charge on any atom is 0.337 e. The predicted octanol–water partition coefficient (Wildman–Crippen LogP) is 3.69. The van der Waals surface area contributed by atoms with E-state index >= 15 is 0 Å². The maximum absolute atomic E-state index is 12.6. The average Bonchev–Trinajstić information content (AvgIpc) is 2.63. The van der Waals surface area contributed by atoms with Gasteiger partial charge in [-0.15, -0.1) is 0 Å². The van der Waals surface area contributed by atoms with Crippen molar-refractivity contribution in [2.75, 3.05) is 29.8 Å². The van der Waals surface area contributed by atoms with Gasteiger partial charge in [0, 0.05) is 18.8 Å². The zero-order valence-corrected chi connectivity index (χ0v) is 16.8. The number of hydrogen-bond donors (Lipinski definition) is 2. The van der Waals surface area contributed by atoms with E-state index in [4.69, 9.17) is 16.3 Å². The molecule has 0 heterocycles. The SMILES string of the molecule is CCN(CC)c1ccc(NS(=O)(=O)c2ccc(OC)c(Cl)c2)cc1C(=O)O. The molecular weight excluding hydrogens is 392 g/mol. The summed E-state index contributed by atoms with van der Waals surface area (Å²) in [5, 5.41) is 9.66. The number of nitrogens with one attached hydrogen (secondary N) is 1. The van der Waals surface area contributed by atoms with E-state index in [1.165, 1.54) is 37.4 Å². The number of ether oxygens (including phenoxy) is 1. The van der Waals surface area contributed by atoms with Crippen molar-refractivity contribution in [3.05, 3.63) is 47.0 Å². The van der Waals surface area contributed by atoms with Gasteiger partial charge in [-0.1, -0.05) is 11.6 Å². The Hall–Kier alpha value is -2.45. The Morgan fingerprint density at radius 2 is 1.85 bits per heavy atom. The molecule has 0 fully saturated rings. The smallest absolute Gasteiger partial charge is 0.337 e. The van der Waals surface area contributed by atoms with E-state index in [1.54, 1.807) is 6.07 Å². The third kappa shape index (κ3) is 4.64. The zero-order chi connectivity index (χ0) is 20.2. The molecule has 27 heavy (non-hydrogen) atoms. The number of benzene rings is 2. The molecule has 0 unspecified atom stereocenters. The normalized spacial score (nSPS) is 11.1. The molecule has 0 aromatic heterocycles. The summed E-state index contributed by atoms with van der Waals surface area (Å²) in [5.74, 6) is -0.780. The Balaban J connectivity index is 2.40. The molecule has 2 aromatic rings. The fraction of sp³-hybridized carbons (Fsp3) is 0.278. The number of nitrogens with zero attached hydrogens (tertiary/aromatic N) is 1. The predicted molar refractivity (Wildman–Crippen MR) is 106 cm³/mol.